The Morgan fingerprint density at radius 3 is 1.02 bits per heavy atom. The zero-order chi connectivity index (χ0) is 60.0. The summed E-state index contributed by atoms with van der Waals surface area (Å²) in [7, 11) is 0. The van der Waals surface area contributed by atoms with Gasteiger partial charge < -0.3 is 9.80 Å². The molecule has 12 aromatic rings. The molecule has 0 amide bonds. The molecule has 12 rings (SSSR count). The fraction of sp³-hybridized carbons (Fsp3) is 0.0465. The maximum Gasteiger partial charge on any atom is 0.0462 e. The van der Waals surface area contributed by atoms with Gasteiger partial charge in [0, 0.05) is 34.1 Å². The van der Waals surface area contributed by atoms with Gasteiger partial charge in [-0.25, -0.2) is 0 Å². The molecule has 0 fully saturated rings. The highest BCUT2D eigenvalue weighted by molar-refractivity contribution is 5.97. The Kier molecular flexibility index (Phi) is 17.8. The lowest BCUT2D eigenvalue weighted by Gasteiger charge is -2.27. The molecule has 2 heteroatoms. The van der Waals surface area contributed by atoms with Crippen LogP contribution in [0.4, 0.5) is 34.1 Å². The molecule has 2 nitrogen and oxygen atoms in total. The second kappa shape index (κ2) is 27.3. The van der Waals surface area contributed by atoms with Gasteiger partial charge in [0.2, 0.25) is 0 Å². The van der Waals surface area contributed by atoms with E-state index < -0.39 is 0 Å². The molecule has 0 spiro atoms. The largest absolute Gasteiger partial charge is 0.311 e. The van der Waals surface area contributed by atoms with E-state index in [2.05, 4.69) is 389 Å². The van der Waals surface area contributed by atoms with Gasteiger partial charge in [-0.3, -0.25) is 0 Å². The van der Waals surface area contributed by atoms with Gasteiger partial charge in [-0.1, -0.05) is 290 Å². The summed E-state index contributed by atoms with van der Waals surface area (Å²) in [4.78, 5) is 4.70. The van der Waals surface area contributed by atoms with Gasteiger partial charge >= 0.3 is 0 Å². The average Bonchev–Trinajstić information content (AvgIpc) is 3.75. The van der Waals surface area contributed by atoms with E-state index in [0.717, 1.165) is 50.8 Å². The van der Waals surface area contributed by atoms with Crippen LogP contribution in [0.2, 0.25) is 0 Å². The Labute approximate surface area is 520 Å². The highest BCUT2D eigenvalue weighted by atomic mass is 15.1. The van der Waals surface area contributed by atoms with Crippen LogP contribution in [0.25, 0.3) is 62.3 Å². The van der Waals surface area contributed by atoms with Crippen LogP contribution in [0.5, 0.6) is 0 Å². The Morgan fingerprint density at radius 1 is 0.284 bits per heavy atom. The number of aryl methyl sites for hydroxylation is 3. The minimum absolute atomic E-state index is 1.07. The molecule has 0 bridgehead atoms. The van der Waals surface area contributed by atoms with Crippen LogP contribution in [0.1, 0.15) is 57.0 Å². The van der Waals surface area contributed by atoms with Crippen molar-refractivity contribution in [1.82, 2.24) is 0 Å². The second-order valence-corrected chi connectivity index (χ2v) is 22.4. The summed E-state index contributed by atoms with van der Waals surface area (Å²) in [6.45, 7) is 8.66. The first-order chi connectivity index (χ1) is 43.3. The van der Waals surface area contributed by atoms with E-state index in [-0.39, 0.29) is 0 Å². The molecule has 0 unspecified atom stereocenters. The fourth-order valence-electron chi connectivity index (χ4n) is 11.3. The maximum atomic E-state index is 2.36. The number of nitrogens with zero attached hydrogens (tertiary/aromatic N) is 2. The summed E-state index contributed by atoms with van der Waals surface area (Å²) < 4.78 is 0. The van der Waals surface area contributed by atoms with Gasteiger partial charge in [0.25, 0.3) is 0 Å². The summed E-state index contributed by atoms with van der Waals surface area (Å²) in [6, 6.07) is 112. The predicted octanol–water partition coefficient (Wildman–Crippen LogP) is 23.9. The lowest BCUT2D eigenvalue weighted by atomic mass is 9.94. The van der Waals surface area contributed by atoms with Crippen molar-refractivity contribution in [2.75, 3.05) is 9.80 Å². The number of benzene rings is 12. The first-order valence-corrected chi connectivity index (χ1v) is 30.3. The maximum absolute atomic E-state index is 2.36. The molecule has 0 heterocycles. The van der Waals surface area contributed by atoms with Gasteiger partial charge in [0.1, 0.15) is 0 Å². The lowest BCUT2D eigenvalue weighted by molar-refractivity contribution is 1.28. The number of anilines is 6. The van der Waals surface area contributed by atoms with Crippen molar-refractivity contribution >= 4 is 63.0 Å². The smallest absolute Gasteiger partial charge is 0.0462 e. The molecule has 0 saturated heterocycles. The van der Waals surface area contributed by atoms with Crippen molar-refractivity contribution in [3.8, 4) is 33.4 Å². The van der Waals surface area contributed by atoms with Crippen molar-refractivity contribution in [2.24, 2.45) is 0 Å². The molecule has 0 saturated carbocycles. The van der Waals surface area contributed by atoms with E-state index in [9.17, 15) is 0 Å². The number of allylic oxidation sites excluding steroid dienone is 7. The van der Waals surface area contributed by atoms with Crippen LogP contribution in [0.15, 0.2) is 340 Å². The molecule has 0 N–H and O–H groups in total. The van der Waals surface area contributed by atoms with Gasteiger partial charge in [0.05, 0.1) is 0 Å². The molecule has 0 aliphatic rings. The third-order valence-corrected chi connectivity index (χ3v) is 16.4. The molecule has 88 heavy (non-hydrogen) atoms. The van der Waals surface area contributed by atoms with E-state index in [1.165, 1.54) is 83.5 Å². The first-order valence-electron chi connectivity index (χ1n) is 30.3. The zero-order valence-corrected chi connectivity index (χ0v) is 50.4. The Balaban J connectivity index is 0.833. The van der Waals surface area contributed by atoms with Crippen molar-refractivity contribution in [1.29, 1.82) is 0 Å². The SMILES string of the molecule is CC(=C(C=Cc1ccccc1C)c1ccccc1)c1ccc(N(c2ccc(-c3ccc(C)cc3)cc2)c2ccc(-c3ccc(N(c4ccc(C=CC=CC=C(c5ccccc5)c5ccccc5)cc4)c4ccc(-c5ccc(C)cc5)cc4)cc3)cc2)cc1. The topological polar surface area (TPSA) is 6.48 Å². The summed E-state index contributed by atoms with van der Waals surface area (Å²) in [5.41, 5.74) is 27.9. The van der Waals surface area contributed by atoms with Crippen molar-refractivity contribution < 1.29 is 0 Å². The van der Waals surface area contributed by atoms with Gasteiger partial charge in [-0.15, -0.1) is 0 Å². The lowest BCUT2D eigenvalue weighted by Crippen LogP contribution is -2.10. The van der Waals surface area contributed by atoms with E-state index in [1.54, 1.807) is 0 Å². The minimum atomic E-state index is 1.07. The van der Waals surface area contributed by atoms with Crippen molar-refractivity contribution in [3.05, 3.63) is 390 Å². The molecule has 424 valence electrons. The quantitative estimate of drug-likeness (QED) is 0.0624. The predicted molar refractivity (Wildman–Crippen MR) is 379 cm³/mol. The zero-order valence-electron chi connectivity index (χ0n) is 50.4. The molecule has 0 aromatic heterocycles. The molecular weight excluding hydrogens is 1060 g/mol. The average molecular weight is 1130 g/mol. The molecular formula is C86H70N2. The Hall–Kier alpha value is -11.1. The Bertz CT molecular complexity index is 4360. The third-order valence-electron chi connectivity index (χ3n) is 16.4. The molecule has 0 atom stereocenters. The van der Waals surface area contributed by atoms with Crippen LogP contribution in [0, 0.1) is 20.8 Å². The highest BCUT2D eigenvalue weighted by Gasteiger charge is 2.17. The minimum Gasteiger partial charge on any atom is -0.311 e. The highest BCUT2D eigenvalue weighted by Crippen LogP contribution is 2.41. The van der Waals surface area contributed by atoms with Crippen LogP contribution in [0.3, 0.4) is 0 Å². The summed E-state index contributed by atoms with van der Waals surface area (Å²) in [5.74, 6) is 0. The van der Waals surface area contributed by atoms with Gasteiger partial charge in [0.15, 0.2) is 0 Å². The fourth-order valence-corrected chi connectivity index (χ4v) is 11.3. The second-order valence-electron chi connectivity index (χ2n) is 22.4. The van der Waals surface area contributed by atoms with Crippen LogP contribution < -0.4 is 9.80 Å². The standard InChI is InChI=1S/C86H70N2/c1-63-29-35-70(36-30-63)72-41-54-81(55-42-72)87(79-50-33-67(34-51-79)20-9-5-16-28-86(77-24-12-7-13-25-77)78-26-14-8-15-27-78)82-58-45-74(46-59-82)75-47-60-84(61-48-75)88(83-56-43-73(44-57-83)71-37-31-64(2)32-38-71)80-52-39-69(40-53-80)66(4)85(76-22-10-6-11-23-76)62-49-68-21-18-17-19-65(68)3/h5-62H,1-4H3. The monoisotopic (exact) mass is 1130 g/mol. The third kappa shape index (κ3) is 13.7. The van der Waals surface area contributed by atoms with Gasteiger partial charge in [-0.05, 0) is 190 Å². The summed E-state index contributed by atoms with van der Waals surface area (Å²) >= 11 is 0. The van der Waals surface area contributed by atoms with E-state index in [4.69, 9.17) is 0 Å². The number of hydrogen-bond donors (Lipinski definition) is 0. The molecule has 0 aliphatic carbocycles. The normalized spacial score (nSPS) is 11.7. The molecule has 0 aliphatic heterocycles. The van der Waals surface area contributed by atoms with Crippen LogP contribution in [-0.4, -0.2) is 0 Å². The Morgan fingerprint density at radius 2 is 0.625 bits per heavy atom. The van der Waals surface area contributed by atoms with Crippen molar-refractivity contribution in [3.63, 3.8) is 0 Å². The van der Waals surface area contributed by atoms with Crippen LogP contribution >= 0.6 is 0 Å². The van der Waals surface area contributed by atoms with E-state index in [1.807, 2.05) is 0 Å². The van der Waals surface area contributed by atoms with Gasteiger partial charge in [-0.2, -0.15) is 0 Å². The summed E-state index contributed by atoms with van der Waals surface area (Å²) in [6.07, 6.45) is 15.2. The van der Waals surface area contributed by atoms with Crippen molar-refractivity contribution in [2.45, 2.75) is 27.7 Å². The molecule has 12 aromatic carbocycles. The van der Waals surface area contributed by atoms with Crippen LogP contribution in [-0.2, 0) is 0 Å². The van der Waals surface area contributed by atoms with E-state index in [0.29, 0.717) is 0 Å². The number of hydrogen-bond acceptors (Lipinski definition) is 2. The number of rotatable bonds is 18. The summed E-state index contributed by atoms with van der Waals surface area (Å²) in [5, 5.41) is 0. The molecule has 0 radical (unpaired) electrons. The van der Waals surface area contributed by atoms with E-state index >= 15 is 0 Å². The first kappa shape index (κ1) is 57.4.